The Hall–Kier alpha value is -1.73. The van der Waals surface area contributed by atoms with Gasteiger partial charge in [0.1, 0.15) is 11.6 Å². The lowest BCUT2D eigenvalue weighted by Crippen LogP contribution is -2.30. The van der Waals surface area contributed by atoms with Gasteiger partial charge in [-0.25, -0.2) is 22.5 Å². The molecule has 0 fully saturated rings. The summed E-state index contributed by atoms with van der Waals surface area (Å²) >= 11 is 0. The molecule has 0 amide bonds. The highest BCUT2D eigenvalue weighted by Gasteiger charge is 2.20. The van der Waals surface area contributed by atoms with Crippen LogP contribution in [0.25, 0.3) is 0 Å². The van der Waals surface area contributed by atoms with Gasteiger partial charge in [0.15, 0.2) is 0 Å². The summed E-state index contributed by atoms with van der Waals surface area (Å²) in [6.07, 6.45) is 3.80. The molecule has 1 aromatic carbocycles. The van der Waals surface area contributed by atoms with E-state index in [1.807, 2.05) is 6.92 Å². The molecule has 108 valence electrons. The lowest BCUT2D eigenvalue weighted by Gasteiger charge is -2.15. The Morgan fingerprint density at radius 2 is 2.05 bits per heavy atom. The van der Waals surface area contributed by atoms with Crippen LogP contribution in [-0.4, -0.2) is 18.4 Å². The second-order valence-electron chi connectivity index (χ2n) is 4.44. The van der Waals surface area contributed by atoms with Gasteiger partial charge in [-0.15, -0.1) is 0 Å². The monoisotopic (exact) mass is 297 g/mol. The van der Waals surface area contributed by atoms with Crippen LogP contribution in [0.3, 0.4) is 0 Å². The van der Waals surface area contributed by atoms with Crippen molar-refractivity contribution in [2.45, 2.75) is 25.1 Å². The Bertz CT molecular complexity index is 639. The maximum absolute atomic E-state index is 12.8. The van der Waals surface area contributed by atoms with E-state index in [4.69, 9.17) is 0 Å². The normalized spacial score (nSPS) is 13.3. The number of hydrogen-bond donors (Lipinski definition) is 2. The topological polar surface area (TPSA) is 74.8 Å². The predicted molar refractivity (Wildman–Crippen MR) is 73.8 cm³/mol. The van der Waals surface area contributed by atoms with Crippen LogP contribution in [0.2, 0.25) is 0 Å². The largest absolute Gasteiger partial charge is 0.347 e. The molecule has 1 unspecified atom stereocenters. The number of H-pyrrole nitrogens is 1. The molecule has 20 heavy (non-hydrogen) atoms. The second kappa shape index (κ2) is 6.15. The Kier molecular flexibility index (Phi) is 4.51. The first-order chi connectivity index (χ1) is 9.50. The number of benzene rings is 1. The van der Waals surface area contributed by atoms with Crippen LogP contribution in [0.5, 0.6) is 0 Å². The van der Waals surface area contributed by atoms with Gasteiger partial charge in [0, 0.05) is 12.4 Å². The molecule has 0 radical (unpaired) electrons. The number of imidazole rings is 1. The number of aromatic nitrogens is 2. The van der Waals surface area contributed by atoms with Gasteiger partial charge in [-0.1, -0.05) is 19.1 Å². The minimum atomic E-state index is -3.52. The molecule has 0 aliphatic heterocycles. The maximum atomic E-state index is 12.8. The van der Waals surface area contributed by atoms with Gasteiger partial charge in [0.2, 0.25) is 10.0 Å². The van der Waals surface area contributed by atoms with E-state index in [1.54, 1.807) is 12.4 Å². The van der Waals surface area contributed by atoms with Gasteiger partial charge in [0.05, 0.1) is 11.8 Å². The molecule has 5 nitrogen and oxygen atoms in total. The lowest BCUT2D eigenvalue weighted by molar-refractivity contribution is 0.538. The summed E-state index contributed by atoms with van der Waals surface area (Å²) in [7, 11) is -3.52. The molecule has 2 aromatic rings. The molecule has 0 saturated carbocycles. The van der Waals surface area contributed by atoms with Crippen LogP contribution < -0.4 is 4.72 Å². The number of nitrogens with zero attached hydrogens (tertiary/aromatic N) is 1. The van der Waals surface area contributed by atoms with Crippen molar-refractivity contribution >= 4 is 10.0 Å². The summed E-state index contributed by atoms with van der Waals surface area (Å²) in [6, 6.07) is 5.02. The molecule has 0 aliphatic carbocycles. The van der Waals surface area contributed by atoms with Crippen molar-refractivity contribution < 1.29 is 12.8 Å². The van der Waals surface area contributed by atoms with Gasteiger partial charge in [0.25, 0.3) is 0 Å². The number of rotatable bonds is 6. The molecule has 2 rings (SSSR count). The predicted octanol–water partition coefficient (Wildman–Crippen LogP) is 2.12. The standard InChI is InChI=1S/C13H16FN3O2S/c1-2-12(13-15-7-8-16-13)17-20(18,19)9-10-3-5-11(14)6-4-10/h3-8,12,17H,2,9H2,1H3,(H,15,16). The van der Waals surface area contributed by atoms with E-state index >= 15 is 0 Å². The fourth-order valence-electron chi connectivity index (χ4n) is 1.86. The number of sulfonamides is 1. The van der Waals surface area contributed by atoms with Gasteiger partial charge >= 0.3 is 0 Å². The zero-order valence-electron chi connectivity index (χ0n) is 11.0. The summed E-state index contributed by atoms with van der Waals surface area (Å²) in [5.74, 6) is 0.00103. The molecule has 0 saturated heterocycles. The highest BCUT2D eigenvalue weighted by molar-refractivity contribution is 7.88. The van der Waals surface area contributed by atoms with Crippen LogP contribution in [0.1, 0.15) is 30.8 Å². The van der Waals surface area contributed by atoms with E-state index < -0.39 is 16.1 Å². The summed E-state index contributed by atoms with van der Waals surface area (Å²) in [5.41, 5.74) is 0.535. The number of aromatic amines is 1. The van der Waals surface area contributed by atoms with Crippen LogP contribution in [0, 0.1) is 5.82 Å². The highest BCUT2D eigenvalue weighted by atomic mass is 32.2. The fraction of sp³-hybridized carbons (Fsp3) is 0.308. The SMILES string of the molecule is CCC(NS(=O)(=O)Cc1ccc(F)cc1)c1ncc[nH]1. The maximum Gasteiger partial charge on any atom is 0.216 e. The van der Waals surface area contributed by atoms with E-state index in [2.05, 4.69) is 14.7 Å². The Morgan fingerprint density at radius 1 is 1.35 bits per heavy atom. The molecular formula is C13H16FN3O2S. The zero-order valence-corrected chi connectivity index (χ0v) is 11.8. The molecule has 1 aromatic heterocycles. The Morgan fingerprint density at radius 3 is 2.60 bits per heavy atom. The Balaban J connectivity index is 2.08. The second-order valence-corrected chi connectivity index (χ2v) is 6.19. The van der Waals surface area contributed by atoms with E-state index in [0.29, 0.717) is 17.8 Å². The van der Waals surface area contributed by atoms with Crippen molar-refractivity contribution in [3.05, 3.63) is 53.9 Å². The van der Waals surface area contributed by atoms with Crippen molar-refractivity contribution in [3.63, 3.8) is 0 Å². The highest BCUT2D eigenvalue weighted by Crippen LogP contribution is 2.15. The van der Waals surface area contributed by atoms with E-state index in [0.717, 1.165) is 0 Å². The third-order valence-corrected chi connectivity index (χ3v) is 4.21. The third-order valence-electron chi connectivity index (χ3n) is 2.85. The van der Waals surface area contributed by atoms with E-state index in [-0.39, 0.29) is 11.6 Å². The molecule has 7 heteroatoms. The average Bonchev–Trinajstić information content (AvgIpc) is 2.92. The van der Waals surface area contributed by atoms with Crippen molar-refractivity contribution in [2.24, 2.45) is 0 Å². The minimum absolute atomic E-state index is 0.190. The smallest absolute Gasteiger partial charge is 0.216 e. The van der Waals surface area contributed by atoms with Crippen molar-refractivity contribution in [3.8, 4) is 0 Å². The molecule has 0 aliphatic rings. The molecule has 1 atom stereocenters. The minimum Gasteiger partial charge on any atom is -0.347 e. The van der Waals surface area contributed by atoms with Crippen LogP contribution >= 0.6 is 0 Å². The van der Waals surface area contributed by atoms with Crippen LogP contribution in [0.4, 0.5) is 4.39 Å². The summed E-state index contributed by atoms with van der Waals surface area (Å²) < 4.78 is 39.6. The third kappa shape index (κ3) is 3.88. The van der Waals surface area contributed by atoms with Gasteiger partial charge in [-0.2, -0.15) is 0 Å². The first-order valence-electron chi connectivity index (χ1n) is 6.24. The van der Waals surface area contributed by atoms with Gasteiger partial charge in [-0.05, 0) is 24.1 Å². The number of nitrogens with one attached hydrogen (secondary N) is 2. The van der Waals surface area contributed by atoms with Crippen molar-refractivity contribution in [1.29, 1.82) is 0 Å². The van der Waals surface area contributed by atoms with Crippen molar-refractivity contribution in [1.82, 2.24) is 14.7 Å². The van der Waals surface area contributed by atoms with Gasteiger partial charge < -0.3 is 4.98 Å². The molecule has 2 N–H and O–H groups in total. The van der Waals surface area contributed by atoms with Gasteiger partial charge in [-0.3, -0.25) is 0 Å². The first-order valence-corrected chi connectivity index (χ1v) is 7.89. The quantitative estimate of drug-likeness (QED) is 0.857. The zero-order chi connectivity index (χ0) is 14.6. The summed E-state index contributed by atoms with van der Waals surface area (Å²) in [6.45, 7) is 1.87. The number of hydrogen-bond acceptors (Lipinski definition) is 3. The molecular weight excluding hydrogens is 281 g/mol. The molecule has 0 bridgehead atoms. The van der Waals surface area contributed by atoms with E-state index in [1.165, 1.54) is 24.3 Å². The Labute approximate surface area is 117 Å². The molecule has 1 heterocycles. The van der Waals surface area contributed by atoms with Crippen LogP contribution in [-0.2, 0) is 15.8 Å². The number of halogens is 1. The van der Waals surface area contributed by atoms with E-state index in [9.17, 15) is 12.8 Å². The first kappa shape index (κ1) is 14.7. The average molecular weight is 297 g/mol. The van der Waals surface area contributed by atoms with Crippen LogP contribution in [0.15, 0.2) is 36.7 Å². The summed E-state index contributed by atoms with van der Waals surface area (Å²) in [5, 5.41) is 0. The lowest BCUT2D eigenvalue weighted by atomic mass is 10.2. The molecule has 0 spiro atoms. The van der Waals surface area contributed by atoms with Crippen molar-refractivity contribution in [2.75, 3.05) is 0 Å². The summed E-state index contributed by atoms with van der Waals surface area (Å²) in [4.78, 5) is 6.95. The fourth-order valence-corrected chi connectivity index (χ4v) is 3.29.